The highest BCUT2D eigenvalue weighted by atomic mass is 16.5. The second-order valence-corrected chi connectivity index (χ2v) is 6.25. The minimum atomic E-state index is -1.38. The number of benzene rings is 1. The van der Waals surface area contributed by atoms with Crippen LogP contribution >= 0.6 is 0 Å². The van der Waals surface area contributed by atoms with Crippen molar-refractivity contribution in [1.82, 2.24) is 0 Å². The van der Waals surface area contributed by atoms with Gasteiger partial charge in [-0.3, -0.25) is 4.79 Å². The number of phenolic OH excluding ortho intramolecular Hbond substituents is 1. The Labute approximate surface area is 124 Å². The number of hydrogen-bond acceptors (Lipinski definition) is 4. The molecule has 1 aliphatic heterocycles. The largest absolute Gasteiger partial charge is 0.507 e. The number of carboxylic acid groups (broad SMARTS) is 1. The maximum atomic E-state index is 11.4. The molecule has 0 saturated heterocycles. The molecule has 21 heavy (non-hydrogen) atoms. The molecule has 4 N–H and O–H groups in total. The number of ether oxygens (including phenoxy) is 1. The molecule has 0 bridgehead atoms. The van der Waals surface area contributed by atoms with Crippen molar-refractivity contribution in [2.75, 3.05) is 0 Å². The molecule has 1 heterocycles. The number of hydrogen-bond donors (Lipinski definition) is 3. The summed E-state index contributed by atoms with van der Waals surface area (Å²) in [6.45, 7) is 8.94. The Kier molecular flexibility index (Phi) is 3.66. The lowest BCUT2D eigenvalue weighted by Crippen LogP contribution is -2.57. The zero-order chi connectivity index (χ0) is 16.1. The summed E-state index contributed by atoms with van der Waals surface area (Å²) in [4.78, 5) is 11.4. The minimum absolute atomic E-state index is 0.247. The molecule has 2 unspecified atom stereocenters. The van der Waals surface area contributed by atoms with E-state index < -0.39 is 11.5 Å². The molecule has 0 radical (unpaired) electrons. The van der Waals surface area contributed by atoms with E-state index in [0.29, 0.717) is 6.42 Å². The smallest absolute Gasteiger partial charge is 0.323 e. The lowest BCUT2D eigenvalue weighted by Gasteiger charge is -2.40. The second-order valence-electron chi connectivity index (χ2n) is 6.25. The highest BCUT2D eigenvalue weighted by molar-refractivity contribution is 5.78. The lowest BCUT2D eigenvalue weighted by atomic mass is 9.75. The van der Waals surface area contributed by atoms with Crippen molar-refractivity contribution in [3.05, 3.63) is 22.3 Å². The molecule has 0 fully saturated rings. The zero-order valence-corrected chi connectivity index (χ0v) is 13.2. The predicted molar refractivity (Wildman–Crippen MR) is 79.8 cm³/mol. The SMILES string of the molecule is Cc1c(C)c2c(c(C)c1O)CC([C@@](C)(N)C(=O)O)C(C)O2. The van der Waals surface area contributed by atoms with Gasteiger partial charge in [0, 0.05) is 11.5 Å². The summed E-state index contributed by atoms with van der Waals surface area (Å²) in [6, 6.07) is 0. The van der Waals surface area contributed by atoms with E-state index in [1.807, 2.05) is 27.7 Å². The molecule has 0 amide bonds. The van der Waals surface area contributed by atoms with Gasteiger partial charge in [0.2, 0.25) is 0 Å². The summed E-state index contributed by atoms with van der Waals surface area (Å²) < 4.78 is 5.97. The van der Waals surface area contributed by atoms with Gasteiger partial charge in [0.05, 0.1) is 0 Å². The van der Waals surface area contributed by atoms with Gasteiger partial charge in [-0.15, -0.1) is 0 Å². The van der Waals surface area contributed by atoms with Gasteiger partial charge in [-0.05, 0) is 57.7 Å². The molecule has 0 spiro atoms. The third kappa shape index (κ3) is 2.25. The third-order valence-corrected chi connectivity index (χ3v) is 4.87. The molecule has 2 rings (SSSR count). The topological polar surface area (TPSA) is 92.8 Å². The first-order valence-electron chi connectivity index (χ1n) is 7.09. The average Bonchev–Trinajstić information content (AvgIpc) is 2.42. The fourth-order valence-electron chi connectivity index (χ4n) is 3.09. The van der Waals surface area contributed by atoms with Gasteiger partial charge in [0.15, 0.2) is 0 Å². The zero-order valence-electron chi connectivity index (χ0n) is 13.2. The van der Waals surface area contributed by atoms with E-state index in [-0.39, 0.29) is 17.8 Å². The summed E-state index contributed by atoms with van der Waals surface area (Å²) >= 11 is 0. The Bertz CT molecular complexity index is 607. The predicted octanol–water partition coefficient (Wildman–Crippen LogP) is 2.06. The van der Waals surface area contributed by atoms with Gasteiger partial charge in [-0.25, -0.2) is 0 Å². The molecule has 1 aromatic rings. The number of aliphatic carboxylic acids is 1. The van der Waals surface area contributed by atoms with Gasteiger partial charge < -0.3 is 20.7 Å². The number of carboxylic acids is 1. The Morgan fingerprint density at radius 1 is 1.29 bits per heavy atom. The third-order valence-electron chi connectivity index (χ3n) is 4.87. The Morgan fingerprint density at radius 3 is 2.38 bits per heavy atom. The van der Waals surface area contributed by atoms with E-state index >= 15 is 0 Å². The van der Waals surface area contributed by atoms with Crippen LogP contribution in [-0.2, 0) is 11.2 Å². The van der Waals surface area contributed by atoms with Crippen molar-refractivity contribution in [2.45, 2.75) is 52.7 Å². The molecule has 1 aliphatic rings. The van der Waals surface area contributed by atoms with Crippen molar-refractivity contribution in [2.24, 2.45) is 11.7 Å². The van der Waals surface area contributed by atoms with E-state index in [1.165, 1.54) is 6.92 Å². The highest BCUT2D eigenvalue weighted by Crippen LogP contribution is 2.43. The molecule has 0 saturated carbocycles. The molecule has 5 nitrogen and oxygen atoms in total. The summed E-state index contributed by atoms with van der Waals surface area (Å²) in [6.07, 6.45) is 0.182. The molecular formula is C16H23NO4. The van der Waals surface area contributed by atoms with Crippen LogP contribution in [0.2, 0.25) is 0 Å². The van der Waals surface area contributed by atoms with Crippen LogP contribution in [0.5, 0.6) is 11.5 Å². The normalized spacial score (nSPS) is 23.9. The fourth-order valence-corrected chi connectivity index (χ4v) is 3.09. The Hall–Kier alpha value is -1.75. The lowest BCUT2D eigenvalue weighted by molar-refractivity contribution is -0.146. The minimum Gasteiger partial charge on any atom is -0.507 e. The van der Waals surface area contributed by atoms with E-state index in [9.17, 15) is 15.0 Å². The Balaban J connectivity index is 2.56. The molecular weight excluding hydrogens is 270 g/mol. The van der Waals surface area contributed by atoms with Crippen molar-refractivity contribution in [3.63, 3.8) is 0 Å². The van der Waals surface area contributed by atoms with Crippen molar-refractivity contribution < 1.29 is 19.7 Å². The first kappa shape index (κ1) is 15.6. The van der Waals surface area contributed by atoms with Gasteiger partial charge in [-0.1, -0.05) is 0 Å². The van der Waals surface area contributed by atoms with Gasteiger partial charge >= 0.3 is 5.97 Å². The molecule has 0 aromatic heterocycles. The number of phenols is 1. The van der Waals surface area contributed by atoms with Gasteiger partial charge in [0.1, 0.15) is 23.1 Å². The summed E-state index contributed by atoms with van der Waals surface area (Å²) in [7, 11) is 0. The first-order valence-corrected chi connectivity index (χ1v) is 7.09. The summed E-state index contributed by atoms with van der Waals surface area (Å²) in [5, 5.41) is 19.6. The van der Waals surface area contributed by atoms with Crippen molar-refractivity contribution in [3.8, 4) is 11.5 Å². The Morgan fingerprint density at radius 2 is 1.86 bits per heavy atom. The molecule has 0 aliphatic carbocycles. The average molecular weight is 293 g/mol. The quantitative estimate of drug-likeness (QED) is 0.776. The summed E-state index contributed by atoms with van der Waals surface area (Å²) in [5.74, 6) is -0.398. The maximum Gasteiger partial charge on any atom is 0.323 e. The maximum absolute atomic E-state index is 11.4. The number of nitrogens with two attached hydrogens (primary N) is 1. The second kappa shape index (κ2) is 4.91. The fraction of sp³-hybridized carbons (Fsp3) is 0.562. The van der Waals surface area contributed by atoms with Gasteiger partial charge in [0.25, 0.3) is 0 Å². The molecule has 116 valence electrons. The number of aromatic hydroxyl groups is 1. The molecule has 5 heteroatoms. The van der Waals surface area contributed by atoms with Crippen LogP contribution in [0.1, 0.15) is 36.1 Å². The van der Waals surface area contributed by atoms with Crippen LogP contribution in [0.4, 0.5) is 0 Å². The molecule has 3 atom stereocenters. The number of carbonyl (C=O) groups is 1. The van der Waals surface area contributed by atoms with E-state index in [4.69, 9.17) is 10.5 Å². The van der Waals surface area contributed by atoms with E-state index in [0.717, 1.165) is 28.0 Å². The van der Waals surface area contributed by atoms with Crippen LogP contribution in [0.15, 0.2) is 0 Å². The van der Waals surface area contributed by atoms with Crippen LogP contribution < -0.4 is 10.5 Å². The van der Waals surface area contributed by atoms with Crippen LogP contribution in [0, 0.1) is 26.7 Å². The van der Waals surface area contributed by atoms with Crippen LogP contribution in [0.3, 0.4) is 0 Å². The van der Waals surface area contributed by atoms with Crippen molar-refractivity contribution in [1.29, 1.82) is 0 Å². The first-order chi connectivity index (χ1) is 9.59. The number of fused-ring (bicyclic) bond motifs is 1. The van der Waals surface area contributed by atoms with E-state index in [2.05, 4.69) is 0 Å². The molecule has 1 aromatic carbocycles. The van der Waals surface area contributed by atoms with Gasteiger partial charge in [-0.2, -0.15) is 0 Å². The summed E-state index contributed by atoms with van der Waals surface area (Å²) in [5.41, 5.74) is 7.91. The standard InChI is InChI=1S/C16H23NO4/c1-7-8(2)14-11(9(3)13(7)18)6-12(10(4)21-14)16(5,17)15(19)20/h10,12,18H,6,17H2,1-5H3,(H,19,20)/t10?,12?,16-/m1/s1. The highest BCUT2D eigenvalue weighted by Gasteiger charge is 2.45. The van der Waals surface area contributed by atoms with Crippen molar-refractivity contribution >= 4 is 5.97 Å². The monoisotopic (exact) mass is 293 g/mol. The van der Waals surface area contributed by atoms with Crippen LogP contribution in [0.25, 0.3) is 0 Å². The van der Waals surface area contributed by atoms with E-state index in [1.54, 1.807) is 0 Å². The van der Waals surface area contributed by atoms with Crippen LogP contribution in [-0.4, -0.2) is 27.8 Å². The number of rotatable bonds is 2.